The summed E-state index contributed by atoms with van der Waals surface area (Å²) < 4.78 is 1.95. The van der Waals surface area contributed by atoms with Crippen molar-refractivity contribution in [1.29, 1.82) is 0 Å². The summed E-state index contributed by atoms with van der Waals surface area (Å²) in [6, 6.07) is 9.84. The Morgan fingerprint density at radius 3 is 2.95 bits per heavy atom. The Labute approximate surface area is 128 Å². The highest BCUT2D eigenvalue weighted by Gasteiger charge is 2.05. The van der Waals surface area contributed by atoms with Crippen molar-refractivity contribution in [2.45, 2.75) is 19.5 Å². The minimum absolute atomic E-state index is 0.750. The molecule has 0 saturated heterocycles. The minimum atomic E-state index is 0.750. The smallest absolute Gasteiger partial charge is 0.0761 e. The first-order chi connectivity index (χ1) is 10.3. The molecule has 0 unspecified atom stereocenters. The number of rotatable bonds is 6. The van der Waals surface area contributed by atoms with E-state index in [9.17, 15) is 0 Å². The molecule has 0 fully saturated rings. The normalized spacial score (nSPS) is 11.1. The summed E-state index contributed by atoms with van der Waals surface area (Å²) in [5, 5.41) is 9.40. The molecule has 1 N–H and O–H groups in total. The predicted molar refractivity (Wildman–Crippen MR) is 85.3 cm³/mol. The van der Waals surface area contributed by atoms with Gasteiger partial charge in [0, 0.05) is 42.1 Å². The lowest BCUT2D eigenvalue weighted by Gasteiger charge is -2.09. The van der Waals surface area contributed by atoms with Crippen molar-refractivity contribution in [2.24, 2.45) is 0 Å². The highest BCUT2D eigenvalue weighted by Crippen LogP contribution is 2.24. The summed E-state index contributed by atoms with van der Waals surface area (Å²) in [7, 11) is 0. The average molecular weight is 301 g/mol. The molecule has 21 heavy (non-hydrogen) atoms. The number of halogens is 1. The zero-order valence-corrected chi connectivity index (χ0v) is 12.4. The predicted octanol–water partition coefficient (Wildman–Crippen LogP) is 3.26. The van der Waals surface area contributed by atoms with Crippen LogP contribution in [-0.4, -0.2) is 21.3 Å². The molecule has 0 saturated carbocycles. The number of aromatic nitrogens is 3. The van der Waals surface area contributed by atoms with Crippen LogP contribution in [0.2, 0.25) is 5.02 Å². The number of nitrogens with zero attached hydrogens (tertiary/aromatic N) is 3. The number of fused-ring (bicyclic) bond motifs is 1. The first kappa shape index (κ1) is 14.0. The molecule has 0 spiro atoms. The van der Waals surface area contributed by atoms with Crippen molar-refractivity contribution in [1.82, 2.24) is 20.1 Å². The third kappa shape index (κ3) is 3.40. The first-order valence-corrected chi connectivity index (χ1v) is 7.42. The Kier molecular flexibility index (Phi) is 4.48. The largest absolute Gasteiger partial charge is 0.313 e. The first-order valence-electron chi connectivity index (χ1n) is 7.05. The fourth-order valence-corrected chi connectivity index (χ4v) is 2.58. The zero-order valence-electron chi connectivity index (χ0n) is 11.7. The molecule has 0 aliphatic heterocycles. The molecule has 3 aromatic rings. The molecule has 0 radical (unpaired) electrons. The van der Waals surface area contributed by atoms with E-state index in [1.807, 2.05) is 41.2 Å². The van der Waals surface area contributed by atoms with E-state index < -0.39 is 0 Å². The van der Waals surface area contributed by atoms with Crippen LogP contribution in [0.5, 0.6) is 0 Å². The van der Waals surface area contributed by atoms with E-state index in [0.29, 0.717) is 0 Å². The van der Waals surface area contributed by atoms with Gasteiger partial charge in [0.15, 0.2) is 0 Å². The zero-order chi connectivity index (χ0) is 14.5. The third-order valence-corrected chi connectivity index (χ3v) is 3.75. The second-order valence-corrected chi connectivity index (χ2v) is 5.31. The molecule has 2 heterocycles. The fourth-order valence-electron chi connectivity index (χ4n) is 2.36. The van der Waals surface area contributed by atoms with Gasteiger partial charge in [-0.25, -0.2) is 0 Å². The third-order valence-electron chi connectivity index (χ3n) is 3.42. The number of nitrogens with one attached hydrogen (secondary N) is 1. The molecule has 0 aliphatic carbocycles. The molecule has 4 nitrogen and oxygen atoms in total. The van der Waals surface area contributed by atoms with Gasteiger partial charge in [-0.2, -0.15) is 5.10 Å². The Hall–Kier alpha value is -1.91. The Morgan fingerprint density at radius 2 is 2.10 bits per heavy atom. The number of hydrogen-bond donors (Lipinski definition) is 1. The minimum Gasteiger partial charge on any atom is -0.313 e. The van der Waals surface area contributed by atoms with Crippen molar-refractivity contribution in [3.8, 4) is 0 Å². The molecular formula is C16H17ClN4. The van der Waals surface area contributed by atoms with Crippen molar-refractivity contribution in [3.63, 3.8) is 0 Å². The summed E-state index contributed by atoms with van der Waals surface area (Å²) in [6.07, 6.45) is 6.63. The van der Waals surface area contributed by atoms with Crippen LogP contribution in [0.25, 0.3) is 10.9 Å². The maximum absolute atomic E-state index is 6.20. The van der Waals surface area contributed by atoms with Gasteiger partial charge in [-0.15, -0.1) is 0 Å². The van der Waals surface area contributed by atoms with E-state index in [1.165, 1.54) is 5.56 Å². The molecule has 3 rings (SSSR count). The van der Waals surface area contributed by atoms with Crippen LogP contribution in [0.15, 0.2) is 48.9 Å². The Bertz CT molecular complexity index is 709. The average Bonchev–Trinajstić information content (AvgIpc) is 3.03. The summed E-state index contributed by atoms with van der Waals surface area (Å²) >= 11 is 6.20. The van der Waals surface area contributed by atoms with Crippen molar-refractivity contribution in [3.05, 3.63) is 59.5 Å². The van der Waals surface area contributed by atoms with Gasteiger partial charge >= 0.3 is 0 Å². The quantitative estimate of drug-likeness (QED) is 0.711. The molecule has 0 aliphatic rings. The molecule has 1 aromatic carbocycles. The van der Waals surface area contributed by atoms with Crippen LogP contribution in [0.3, 0.4) is 0 Å². The summed E-state index contributed by atoms with van der Waals surface area (Å²) in [4.78, 5) is 4.44. The standard InChI is InChI=1S/C16H17ClN4/c17-15-6-5-13(16-14(15)4-1-8-19-16)12-18-7-2-10-21-11-3-9-20-21/h1,3-6,8-9,11,18H,2,7,10,12H2. The second kappa shape index (κ2) is 6.70. The molecule has 0 atom stereocenters. The van der Waals surface area contributed by atoms with Crippen molar-refractivity contribution >= 4 is 22.5 Å². The summed E-state index contributed by atoms with van der Waals surface area (Å²) in [5.74, 6) is 0. The topological polar surface area (TPSA) is 42.7 Å². The SMILES string of the molecule is Clc1ccc(CNCCCn2cccn2)c2ncccc12. The Balaban J connectivity index is 1.57. The van der Waals surface area contributed by atoms with Gasteiger partial charge in [-0.1, -0.05) is 17.7 Å². The maximum Gasteiger partial charge on any atom is 0.0761 e. The van der Waals surface area contributed by atoms with Crippen LogP contribution in [0, 0.1) is 0 Å². The van der Waals surface area contributed by atoms with E-state index in [2.05, 4.69) is 15.4 Å². The maximum atomic E-state index is 6.20. The number of pyridine rings is 1. The monoisotopic (exact) mass is 300 g/mol. The van der Waals surface area contributed by atoms with Crippen LogP contribution in [0.1, 0.15) is 12.0 Å². The lowest BCUT2D eigenvalue weighted by atomic mass is 10.1. The molecular weight excluding hydrogens is 284 g/mol. The van der Waals surface area contributed by atoms with Gasteiger partial charge < -0.3 is 5.32 Å². The summed E-state index contributed by atoms with van der Waals surface area (Å²) in [6.45, 7) is 2.67. The fraction of sp³-hybridized carbons (Fsp3) is 0.250. The van der Waals surface area contributed by atoms with Crippen LogP contribution in [-0.2, 0) is 13.1 Å². The van der Waals surface area contributed by atoms with E-state index in [1.54, 1.807) is 12.4 Å². The second-order valence-electron chi connectivity index (χ2n) is 4.91. The lowest BCUT2D eigenvalue weighted by Crippen LogP contribution is -2.17. The molecule has 2 aromatic heterocycles. The highest BCUT2D eigenvalue weighted by molar-refractivity contribution is 6.35. The van der Waals surface area contributed by atoms with Crippen molar-refractivity contribution in [2.75, 3.05) is 6.54 Å². The number of aryl methyl sites for hydroxylation is 1. The van der Waals surface area contributed by atoms with E-state index in [4.69, 9.17) is 11.6 Å². The highest BCUT2D eigenvalue weighted by atomic mass is 35.5. The van der Waals surface area contributed by atoms with Crippen LogP contribution < -0.4 is 5.32 Å². The molecule has 0 amide bonds. The van der Waals surface area contributed by atoms with Gasteiger partial charge in [0.1, 0.15) is 0 Å². The summed E-state index contributed by atoms with van der Waals surface area (Å²) in [5.41, 5.74) is 2.15. The van der Waals surface area contributed by atoms with E-state index in [-0.39, 0.29) is 0 Å². The van der Waals surface area contributed by atoms with Gasteiger partial charge in [-0.05, 0) is 42.8 Å². The van der Waals surface area contributed by atoms with E-state index in [0.717, 1.165) is 42.0 Å². The molecule has 0 bridgehead atoms. The Morgan fingerprint density at radius 1 is 1.14 bits per heavy atom. The van der Waals surface area contributed by atoms with Crippen molar-refractivity contribution < 1.29 is 0 Å². The molecule has 108 valence electrons. The van der Waals surface area contributed by atoms with Gasteiger partial charge in [-0.3, -0.25) is 9.67 Å². The lowest BCUT2D eigenvalue weighted by molar-refractivity contribution is 0.544. The van der Waals surface area contributed by atoms with Crippen LogP contribution >= 0.6 is 11.6 Å². The number of benzene rings is 1. The van der Waals surface area contributed by atoms with E-state index >= 15 is 0 Å². The van der Waals surface area contributed by atoms with Gasteiger partial charge in [0.2, 0.25) is 0 Å². The van der Waals surface area contributed by atoms with Crippen LogP contribution in [0.4, 0.5) is 0 Å². The van der Waals surface area contributed by atoms with Gasteiger partial charge in [0.05, 0.1) is 5.52 Å². The molecule has 5 heteroatoms. The number of hydrogen-bond acceptors (Lipinski definition) is 3. The van der Waals surface area contributed by atoms with Gasteiger partial charge in [0.25, 0.3) is 0 Å².